The molecule has 0 radical (unpaired) electrons. The van der Waals surface area contributed by atoms with E-state index in [9.17, 15) is 9.50 Å². The number of rotatable bonds is 5. The van der Waals surface area contributed by atoms with E-state index in [4.69, 9.17) is 19.1 Å². The molecule has 8 nitrogen and oxygen atoms in total. The Morgan fingerprint density at radius 1 is 1.12 bits per heavy atom. The van der Waals surface area contributed by atoms with Gasteiger partial charge in [0.15, 0.2) is 0 Å². The molecule has 5 aliphatic rings. The zero-order valence-corrected chi connectivity index (χ0v) is 24.6. The Morgan fingerprint density at radius 3 is 2.84 bits per heavy atom. The van der Waals surface area contributed by atoms with Gasteiger partial charge in [-0.15, -0.1) is 0 Å². The first-order valence-electron chi connectivity index (χ1n) is 16.1. The van der Waals surface area contributed by atoms with Crippen molar-refractivity contribution in [3.05, 3.63) is 41.7 Å². The number of piperazine rings is 1. The summed E-state index contributed by atoms with van der Waals surface area (Å²) in [7, 11) is 0. The van der Waals surface area contributed by atoms with Gasteiger partial charge in [0.1, 0.15) is 29.9 Å². The molecule has 4 saturated heterocycles. The number of ether oxygens (including phenoxy) is 1. The monoisotopic (exact) mass is 583 g/mol. The van der Waals surface area contributed by atoms with Crippen LogP contribution < -0.4 is 15.0 Å². The molecule has 5 atom stereocenters. The molecule has 0 saturated carbocycles. The molecule has 224 valence electrons. The third kappa shape index (κ3) is 4.07. The largest absolute Gasteiger partial charge is 0.508 e. The van der Waals surface area contributed by atoms with E-state index in [2.05, 4.69) is 28.1 Å². The standard InChI is InChI=1S/C34H38FN5O3/c1-19-3-4-20-11-24(41)12-27(29(19)20)26-13-28-30(31-25(26)7-10-42-31)32(39-16-22-5-6-23(17-39)36-22)38-33(37-28)43-18-34-8-2-9-40(34)15-21(35)14-34/h7,10-13,19,21-23,36,41H,2-6,8-9,14-18H2,1H3/t19?,21-,22-,23+,34+/m1/s1. The first-order valence-corrected chi connectivity index (χ1v) is 16.1. The lowest BCUT2D eigenvalue weighted by atomic mass is 9.90. The second kappa shape index (κ2) is 9.53. The fourth-order valence-corrected chi connectivity index (χ4v) is 9.05. The quantitative estimate of drug-likeness (QED) is 0.310. The number of aryl methyl sites for hydroxylation is 1. The number of aromatic hydroxyl groups is 1. The number of alkyl halides is 1. The zero-order valence-electron chi connectivity index (χ0n) is 24.6. The van der Waals surface area contributed by atoms with Gasteiger partial charge in [-0.25, -0.2) is 4.39 Å². The van der Waals surface area contributed by atoms with Gasteiger partial charge in [0, 0.05) is 43.5 Å². The van der Waals surface area contributed by atoms with Crippen LogP contribution in [0.4, 0.5) is 10.2 Å². The van der Waals surface area contributed by atoms with E-state index in [0.29, 0.717) is 43.6 Å². The molecule has 0 spiro atoms. The van der Waals surface area contributed by atoms with Crippen molar-refractivity contribution >= 4 is 27.7 Å². The number of halogens is 1. The van der Waals surface area contributed by atoms with Crippen molar-refractivity contribution in [1.29, 1.82) is 0 Å². The van der Waals surface area contributed by atoms with Gasteiger partial charge in [-0.3, -0.25) is 4.90 Å². The fraction of sp³-hybridized carbons (Fsp3) is 0.529. The van der Waals surface area contributed by atoms with Crippen molar-refractivity contribution in [2.75, 3.05) is 37.7 Å². The van der Waals surface area contributed by atoms with Crippen LogP contribution in [0.5, 0.6) is 11.8 Å². The molecule has 6 heterocycles. The highest BCUT2D eigenvalue weighted by Gasteiger charge is 2.49. The maximum atomic E-state index is 14.5. The highest BCUT2D eigenvalue weighted by atomic mass is 19.1. The van der Waals surface area contributed by atoms with Gasteiger partial charge in [-0.05, 0) is 97.5 Å². The van der Waals surface area contributed by atoms with Crippen LogP contribution in [0, 0.1) is 0 Å². The van der Waals surface area contributed by atoms with Crippen LogP contribution in [-0.4, -0.2) is 76.6 Å². The first-order chi connectivity index (χ1) is 20.9. The summed E-state index contributed by atoms with van der Waals surface area (Å²) in [6.45, 7) is 5.79. The maximum absolute atomic E-state index is 14.5. The molecule has 2 aromatic carbocycles. The minimum absolute atomic E-state index is 0.277. The Hall–Kier alpha value is -3.43. The first kappa shape index (κ1) is 26.0. The van der Waals surface area contributed by atoms with Gasteiger partial charge in [0.2, 0.25) is 0 Å². The summed E-state index contributed by atoms with van der Waals surface area (Å²) in [5.41, 5.74) is 5.81. The van der Waals surface area contributed by atoms with E-state index in [-0.39, 0.29) is 11.3 Å². The predicted molar refractivity (Wildman–Crippen MR) is 164 cm³/mol. The Morgan fingerprint density at radius 2 is 1.98 bits per heavy atom. The zero-order chi connectivity index (χ0) is 28.9. The number of hydrogen-bond acceptors (Lipinski definition) is 8. The minimum Gasteiger partial charge on any atom is -0.508 e. The molecule has 4 fully saturated rings. The van der Waals surface area contributed by atoms with E-state index in [1.54, 1.807) is 6.26 Å². The summed E-state index contributed by atoms with van der Waals surface area (Å²) in [6.07, 6.45) is 7.81. The highest BCUT2D eigenvalue weighted by molar-refractivity contribution is 6.14. The third-order valence-corrected chi connectivity index (χ3v) is 11.0. The van der Waals surface area contributed by atoms with Crippen LogP contribution in [0.25, 0.3) is 33.0 Å². The van der Waals surface area contributed by atoms with Gasteiger partial charge < -0.3 is 24.5 Å². The maximum Gasteiger partial charge on any atom is 0.319 e. The average molecular weight is 584 g/mol. The Kier molecular flexibility index (Phi) is 5.77. The van der Waals surface area contributed by atoms with Crippen molar-refractivity contribution in [1.82, 2.24) is 20.2 Å². The minimum atomic E-state index is -0.811. The summed E-state index contributed by atoms with van der Waals surface area (Å²) < 4.78 is 27.2. The molecule has 1 unspecified atom stereocenters. The highest BCUT2D eigenvalue weighted by Crippen LogP contribution is 2.47. The Balaban J connectivity index is 1.21. The Bertz CT molecular complexity index is 1750. The fourth-order valence-electron chi connectivity index (χ4n) is 9.05. The van der Waals surface area contributed by atoms with E-state index in [0.717, 1.165) is 97.0 Å². The number of phenolic OH excluding ortho intramolecular Hbond substituents is 1. The van der Waals surface area contributed by atoms with Crippen LogP contribution >= 0.6 is 0 Å². The Labute approximate surface area is 250 Å². The summed E-state index contributed by atoms with van der Waals surface area (Å²) in [6, 6.07) is 9.17. The molecule has 43 heavy (non-hydrogen) atoms. The van der Waals surface area contributed by atoms with Crippen LogP contribution in [0.15, 0.2) is 34.9 Å². The topological polar surface area (TPSA) is 86.9 Å². The molecule has 2 N–H and O–H groups in total. The van der Waals surface area contributed by atoms with Crippen molar-refractivity contribution in [2.24, 2.45) is 0 Å². The summed E-state index contributed by atoms with van der Waals surface area (Å²) in [4.78, 5) is 14.7. The number of phenols is 1. The number of furan rings is 1. The summed E-state index contributed by atoms with van der Waals surface area (Å²) >= 11 is 0. The lowest BCUT2D eigenvalue weighted by molar-refractivity contribution is 0.107. The molecule has 9 rings (SSSR count). The van der Waals surface area contributed by atoms with Crippen molar-refractivity contribution in [3.8, 4) is 22.9 Å². The molecule has 9 heteroatoms. The van der Waals surface area contributed by atoms with E-state index in [1.807, 2.05) is 18.2 Å². The van der Waals surface area contributed by atoms with Gasteiger partial charge in [-0.2, -0.15) is 9.97 Å². The predicted octanol–water partition coefficient (Wildman–Crippen LogP) is 5.69. The normalized spacial score (nSPS) is 30.0. The van der Waals surface area contributed by atoms with Crippen LogP contribution in [0.3, 0.4) is 0 Å². The van der Waals surface area contributed by atoms with Crippen molar-refractivity contribution in [2.45, 2.75) is 81.6 Å². The number of hydrogen-bond donors (Lipinski definition) is 2. The van der Waals surface area contributed by atoms with Gasteiger partial charge in [-0.1, -0.05) is 6.92 Å². The lowest BCUT2D eigenvalue weighted by Crippen LogP contribution is -2.51. The van der Waals surface area contributed by atoms with Crippen LogP contribution in [0.1, 0.15) is 62.5 Å². The second-order valence-electron chi connectivity index (χ2n) is 13.7. The van der Waals surface area contributed by atoms with Gasteiger partial charge in [0.25, 0.3) is 0 Å². The molecule has 4 aliphatic heterocycles. The number of aromatic nitrogens is 2. The van der Waals surface area contributed by atoms with E-state index < -0.39 is 6.17 Å². The second-order valence-corrected chi connectivity index (χ2v) is 13.7. The van der Waals surface area contributed by atoms with Crippen molar-refractivity contribution in [3.63, 3.8) is 0 Å². The number of fused-ring (bicyclic) bond motifs is 7. The van der Waals surface area contributed by atoms with Crippen LogP contribution in [-0.2, 0) is 6.42 Å². The smallest absolute Gasteiger partial charge is 0.319 e. The van der Waals surface area contributed by atoms with E-state index in [1.165, 1.54) is 11.1 Å². The molecular formula is C34H38FN5O3. The van der Waals surface area contributed by atoms with Crippen LogP contribution in [0.2, 0.25) is 0 Å². The molecule has 4 aromatic rings. The molecule has 2 bridgehead atoms. The molecule has 0 amide bonds. The third-order valence-electron chi connectivity index (χ3n) is 11.0. The molecule has 2 aromatic heterocycles. The van der Waals surface area contributed by atoms with Gasteiger partial charge in [0.05, 0.1) is 22.7 Å². The van der Waals surface area contributed by atoms with E-state index >= 15 is 0 Å². The molecule has 1 aliphatic carbocycles. The molecular weight excluding hydrogens is 545 g/mol. The number of anilines is 1. The summed E-state index contributed by atoms with van der Waals surface area (Å²) in [5, 5.41) is 16.4. The lowest BCUT2D eigenvalue weighted by Gasteiger charge is -2.34. The SMILES string of the molecule is CC1CCc2cc(O)cc(-c3cc4nc(OC[C@@]56CCCN5C[C@H](F)C6)nc(N5C[C@H]6CC[C@@H](C5)N6)c4c4occc34)c21. The number of nitrogens with zero attached hydrogens (tertiary/aromatic N) is 4. The number of benzene rings is 2. The van der Waals surface area contributed by atoms with Gasteiger partial charge >= 0.3 is 6.01 Å². The average Bonchev–Trinajstić information content (AvgIpc) is 3.81. The number of nitrogens with one attached hydrogen (secondary N) is 1. The summed E-state index contributed by atoms with van der Waals surface area (Å²) in [5.74, 6) is 1.53. The van der Waals surface area contributed by atoms with Crippen molar-refractivity contribution < 1.29 is 18.7 Å².